The molecule has 1 saturated heterocycles. The molecule has 0 spiro atoms. The van der Waals surface area contributed by atoms with E-state index >= 15 is 0 Å². The van der Waals surface area contributed by atoms with Gasteiger partial charge in [-0.1, -0.05) is 42.5 Å². The zero-order valence-electron chi connectivity index (χ0n) is 16.7. The van der Waals surface area contributed by atoms with Gasteiger partial charge in [0.05, 0.1) is 18.8 Å². The Kier molecular flexibility index (Phi) is 7.28. The fourth-order valence-electron chi connectivity index (χ4n) is 3.26. The van der Waals surface area contributed by atoms with Gasteiger partial charge in [0, 0.05) is 32.3 Å². The SMILES string of the molecule is CCOc1ccccc1N1CCN(C(=O)CNC(=O)/C=C/c2ccccc2)CC1. The summed E-state index contributed by atoms with van der Waals surface area (Å²) in [5.74, 6) is 0.530. The molecule has 1 aliphatic rings. The van der Waals surface area contributed by atoms with E-state index in [1.54, 1.807) is 11.0 Å². The van der Waals surface area contributed by atoms with E-state index < -0.39 is 0 Å². The fourth-order valence-corrected chi connectivity index (χ4v) is 3.26. The second kappa shape index (κ2) is 10.3. The number of piperazine rings is 1. The zero-order chi connectivity index (χ0) is 20.5. The molecule has 6 nitrogen and oxygen atoms in total. The molecule has 0 aliphatic carbocycles. The maximum Gasteiger partial charge on any atom is 0.244 e. The van der Waals surface area contributed by atoms with Crippen molar-refractivity contribution in [1.29, 1.82) is 0 Å². The molecule has 3 rings (SSSR count). The third-order valence-electron chi connectivity index (χ3n) is 4.78. The van der Waals surface area contributed by atoms with Crippen molar-refractivity contribution in [3.63, 3.8) is 0 Å². The van der Waals surface area contributed by atoms with Crippen LogP contribution in [0.4, 0.5) is 5.69 Å². The number of carbonyl (C=O) groups is 2. The molecule has 0 saturated carbocycles. The summed E-state index contributed by atoms with van der Waals surface area (Å²) in [6.07, 6.45) is 3.18. The molecule has 0 radical (unpaired) electrons. The molecule has 2 amide bonds. The number of hydrogen-bond acceptors (Lipinski definition) is 4. The summed E-state index contributed by atoms with van der Waals surface area (Å²) < 4.78 is 5.71. The molecule has 152 valence electrons. The second-order valence-electron chi connectivity index (χ2n) is 6.73. The first kappa shape index (κ1) is 20.5. The number of carbonyl (C=O) groups excluding carboxylic acids is 2. The molecule has 0 atom stereocenters. The van der Waals surface area contributed by atoms with Crippen molar-refractivity contribution in [3.8, 4) is 5.75 Å². The number of nitrogens with zero attached hydrogens (tertiary/aromatic N) is 2. The van der Waals surface area contributed by atoms with Gasteiger partial charge in [0.1, 0.15) is 5.75 Å². The molecule has 1 aliphatic heterocycles. The van der Waals surface area contributed by atoms with Gasteiger partial charge in [-0.15, -0.1) is 0 Å². The highest BCUT2D eigenvalue weighted by atomic mass is 16.5. The summed E-state index contributed by atoms with van der Waals surface area (Å²) in [6.45, 7) is 5.30. The summed E-state index contributed by atoms with van der Waals surface area (Å²) in [5.41, 5.74) is 2.00. The number of nitrogens with one attached hydrogen (secondary N) is 1. The molecular formula is C23H27N3O3. The minimum Gasteiger partial charge on any atom is -0.492 e. The Labute approximate surface area is 171 Å². The van der Waals surface area contributed by atoms with E-state index in [1.165, 1.54) is 6.08 Å². The van der Waals surface area contributed by atoms with Gasteiger partial charge < -0.3 is 19.9 Å². The van der Waals surface area contributed by atoms with Gasteiger partial charge in [-0.2, -0.15) is 0 Å². The van der Waals surface area contributed by atoms with Crippen molar-refractivity contribution in [2.45, 2.75) is 6.92 Å². The Hall–Kier alpha value is -3.28. The Balaban J connectivity index is 1.45. The van der Waals surface area contributed by atoms with Crippen molar-refractivity contribution in [1.82, 2.24) is 10.2 Å². The first-order valence-corrected chi connectivity index (χ1v) is 9.93. The Bertz CT molecular complexity index is 843. The normalized spacial score (nSPS) is 14.1. The van der Waals surface area contributed by atoms with Crippen LogP contribution in [0.15, 0.2) is 60.7 Å². The van der Waals surface area contributed by atoms with Gasteiger partial charge in [-0.3, -0.25) is 9.59 Å². The number of anilines is 1. The Morgan fingerprint density at radius 1 is 1.00 bits per heavy atom. The third kappa shape index (κ3) is 5.85. The summed E-state index contributed by atoms with van der Waals surface area (Å²) in [5, 5.41) is 2.67. The number of amides is 2. The maximum atomic E-state index is 12.4. The van der Waals surface area contributed by atoms with Crippen LogP contribution in [0.2, 0.25) is 0 Å². The van der Waals surface area contributed by atoms with Gasteiger partial charge in [0.25, 0.3) is 0 Å². The van der Waals surface area contributed by atoms with Crippen LogP contribution in [-0.4, -0.2) is 56.0 Å². The lowest BCUT2D eigenvalue weighted by atomic mass is 10.2. The molecule has 0 unspecified atom stereocenters. The lowest BCUT2D eigenvalue weighted by Gasteiger charge is -2.36. The van der Waals surface area contributed by atoms with Crippen molar-refractivity contribution in [2.75, 3.05) is 44.2 Å². The highest BCUT2D eigenvalue weighted by Gasteiger charge is 2.22. The van der Waals surface area contributed by atoms with Crippen LogP contribution in [0.1, 0.15) is 12.5 Å². The number of para-hydroxylation sites is 2. The van der Waals surface area contributed by atoms with E-state index in [2.05, 4.69) is 10.2 Å². The molecular weight excluding hydrogens is 366 g/mol. The molecule has 29 heavy (non-hydrogen) atoms. The van der Waals surface area contributed by atoms with Gasteiger partial charge in [0.2, 0.25) is 11.8 Å². The van der Waals surface area contributed by atoms with Crippen LogP contribution >= 0.6 is 0 Å². The van der Waals surface area contributed by atoms with E-state index in [9.17, 15) is 9.59 Å². The number of rotatable bonds is 7. The van der Waals surface area contributed by atoms with Crippen molar-refractivity contribution in [3.05, 3.63) is 66.2 Å². The van der Waals surface area contributed by atoms with E-state index in [1.807, 2.05) is 61.5 Å². The smallest absolute Gasteiger partial charge is 0.244 e. The maximum absolute atomic E-state index is 12.4. The first-order valence-electron chi connectivity index (χ1n) is 9.93. The number of ether oxygens (including phenoxy) is 1. The molecule has 1 N–H and O–H groups in total. The van der Waals surface area contributed by atoms with Gasteiger partial charge in [-0.05, 0) is 30.7 Å². The molecule has 1 heterocycles. The zero-order valence-corrected chi connectivity index (χ0v) is 16.7. The van der Waals surface area contributed by atoms with E-state index in [0.717, 1.165) is 30.1 Å². The van der Waals surface area contributed by atoms with Gasteiger partial charge in [0.15, 0.2) is 0 Å². The summed E-state index contributed by atoms with van der Waals surface area (Å²) >= 11 is 0. The lowest BCUT2D eigenvalue weighted by molar-refractivity contribution is -0.132. The lowest BCUT2D eigenvalue weighted by Crippen LogP contribution is -2.51. The Morgan fingerprint density at radius 2 is 1.69 bits per heavy atom. The van der Waals surface area contributed by atoms with Crippen LogP contribution < -0.4 is 15.0 Å². The predicted octanol–water partition coefficient (Wildman–Crippen LogP) is 2.56. The average molecular weight is 393 g/mol. The van der Waals surface area contributed by atoms with E-state index in [0.29, 0.717) is 19.7 Å². The summed E-state index contributed by atoms with van der Waals surface area (Å²) in [4.78, 5) is 28.4. The largest absolute Gasteiger partial charge is 0.492 e. The molecule has 6 heteroatoms. The van der Waals surface area contributed by atoms with Crippen LogP contribution in [0.5, 0.6) is 5.75 Å². The molecule has 1 fully saturated rings. The Morgan fingerprint density at radius 3 is 2.41 bits per heavy atom. The van der Waals surface area contributed by atoms with Gasteiger partial charge >= 0.3 is 0 Å². The highest BCUT2D eigenvalue weighted by molar-refractivity contribution is 5.94. The van der Waals surface area contributed by atoms with Crippen LogP contribution in [0.3, 0.4) is 0 Å². The fraction of sp³-hybridized carbons (Fsp3) is 0.304. The van der Waals surface area contributed by atoms with Crippen molar-refractivity contribution < 1.29 is 14.3 Å². The molecule has 0 aromatic heterocycles. The van der Waals surface area contributed by atoms with Gasteiger partial charge in [-0.25, -0.2) is 0 Å². The van der Waals surface area contributed by atoms with Crippen LogP contribution in [-0.2, 0) is 9.59 Å². The topological polar surface area (TPSA) is 61.9 Å². The highest BCUT2D eigenvalue weighted by Crippen LogP contribution is 2.28. The standard InChI is InChI=1S/C23H27N3O3/c1-2-29-21-11-7-6-10-20(21)25-14-16-26(17-15-25)23(28)18-24-22(27)13-12-19-8-4-3-5-9-19/h3-13H,2,14-18H2,1H3,(H,24,27)/b13-12+. The van der Waals surface area contributed by atoms with Crippen LogP contribution in [0, 0.1) is 0 Å². The molecule has 2 aromatic rings. The molecule has 2 aromatic carbocycles. The quantitative estimate of drug-likeness (QED) is 0.735. The van der Waals surface area contributed by atoms with Crippen molar-refractivity contribution >= 4 is 23.6 Å². The summed E-state index contributed by atoms with van der Waals surface area (Å²) in [7, 11) is 0. The second-order valence-corrected chi connectivity index (χ2v) is 6.73. The first-order chi connectivity index (χ1) is 14.2. The number of benzene rings is 2. The number of hydrogen-bond donors (Lipinski definition) is 1. The summed E-state index contributed by atoms with van der Waals surface area (Å²) in [6, 6.07) is 17.5. The minimum absolute atomic E-state index is 0.00744. The van der Waals surface area contributed by atoms with E-state index in [-0.39, 0.29) is 18.4 Å². The third-order valence-corrected chi connectivity index (χ3v) is 4.78. The predicted molar refractivity (Wildman–Crippen MR) is 115 cm³/mol. The molecule has 0 bridgehead atoms. The monoisotopic (exact) mass is 393 g/mol. The minimum atomic E-state index is -0.272. The van der Waals surface area contributed by atoms with E-state index in [4.69, 9.17) is 4.74 Å². The van der Waals surface area contributed by atoms with Crippen LogP contribution in [0.25, 0.3) is 6.08 Å². The average Bonchev–Trinajstić information content (AvgIpc) is 2.77. The van der Waals surface area contributed by atoms with Crippen molar-refractivity contribution in [2.24, 2.45) is 0 Å².